The van der Waals surface area contributed by atoms with Crippen molar-refractivity contribution in [1.29, 1.82) is 0 Å². The molecule has 5 nitrogen and oxygen atoms in total. The standard InChI is InChI=1S/C18H19ClN2O3/c1-18(2,24-14-8-6-13(19)7-9-14)17(22)21-11-15(12-21)23-16-5-3-4-10-20-16/h3-10,15H,11-12H2,1-2H3. The highest BCUT2D eigenvalue weighted by Gasteiger charge is 2.41. The zero-order chi connectivity index (χ0) is 17.2. The minimum absolute atomic E-state index is 0.0322. The first-order chi connectivity index (χ1) is 11.4. The molecule has 1 aliphatic rings. The van der Waals surface area contributed by atoms with Gasteiger partial charge in [0.2, 0.25) is 5.88 Å². The van der Waals surface area contributed by atoms with Gasteiger partial charge in [-0.3, -0.25) is 4.79 Å². The van der Waals surface area contributed by atoms with Gasteiger partial charge in [0.15, 0.2) is 5.60 Å². The minimum atomic E-state index is -0.955. The number of amides is 1. The third-order valence-electron chi connectivity index (χ3n) is 3.76. The molecule has 0 atom stereocenters. The molecule has 1 aromatic heterocycles. The van der Waals surface area contributed by atoms with Crippen molar-refractivity contribution in [3.05, 3.63) is 53.7 Å². The van der Waals surface area contributed by atoms with E-state index in [1.165, 1.54) is 0 Å². The molecule has 0 bridgehead atoms. The first-order valence-electron chi connectivity index (χ1n) is 7.76. The van der Waals surface area contributed by atoms with E-state index in [9.17, 15) is 4.79 Å². The number of benzene rings is 1. The Morgan fingerprint density at radius 1 is 1.21 bits per heavy atom. The highest BCUT2D eigenvalue weighted by molar-refractivity contribution is 6.30. The second kappa shape index (κ2) is 6.69. The Morgan fingerprint density at radius 2 is 1.92 bits per heavy atom. The highest BCUT2D eigenvalue weighted by atomic mass is 35.5. The zero-order valence-electron chi connectivity index (χ0n) is 13.6. The number of hydrogen-bond acceptors (Lipinski definition) is 4. The molecule has 1 saturated heterocycles. The number of carbonyl (C=O) groups excluding carboxylic acids is 1. The van der Waals surface area contributed by atoms with Crippen LogP contribution in [-0.2, 0) is 4.79 Å². The van der Waals surface area contributed by atoms with Gasteiger partial charge < -0.3 is 14.4 Å². The van der Waals surface area contributed by atoms with Gasteiger partial charge in [-0.05, 0) is 44.2 Å². The van der Waals surface area contributed by atoms with Crippen molar-refractivity contribution in [3.8, 4) is 11.6 Å². The molecule has 0 N–H and O–H groups in total. The van der Waals surface area contributed by atoms with Crippen LogP contribution in [-0.4, -0.2) is 40.6 Å². The number of rotatable bonds is 5. The predicted octanol–water partition coefficient (Wildman–Crippen LogP) is 3.18. The zero-order valence-corrected chi connectivity index (χ0v) is 14.4. The molecule has 0 aliphatic carbocycles. The summed E-state index contributed by atoms with van der Waals surface area (Å²) in [5.74, 6) is 1.11. The number of nitrogens with zero attached hydrogens (tertiary/aromatic N) is 2. The SMILES string of the molecule is CC(C)(Oc1ccc(Cl)cc1)C(=O)N1CC(Oc2ccccn2)C1. The molecule has 3 rings (SSSR count). The topological polar surface area (TPSA) is 51.7 Å². The summed E-state index contributed by atoms with van der Waals surface area (Å²) in [6, 6.07) is 12.5. The number of likely N-dealkylation sites (tertiary alicyclic amines) is 1. The van der Waals surface area contributed by atoms with Crippen molar-refractivity contribution < 1.29 is 14.3 Å². The van der Waals surface area contributed by atoms with Crippen LogP contribution in [0, 0.1) is 0 Å². The molecule has 0 unspecified atom stereocenters. The molecule has 6 heteroatoms. The molecule has 0 spiro atoms. The number of aromatic nitrogens is 1. The summed E-state index contributed by atoms with van der Waals surface area (Å²) in [5, 5.41) is 0.628. The fourth-order valence-electron chi connectivity index (χ4n) is 2.49. The summed E-state index contributed by atoms with van der Waals surface area (Å²) < 4.78 is 11.5. The lowest BCUT2D eigenvalue weighted by atomic mass is 10.0. The maximum atomic E-state index is 12.6. The monoisotopic (exact) mass is 346 g/mol. The van der Waals surface area contributed by atoms with Crippen molar-refractivity contribution in [1.82, 2.24) is 9.88 Å². The Kier molecular flexibility index (Phi) is 4.62. The van der Waals surface area contributed by atoms with Crippen molar-refractivity contribution >= 4 is 17.5 Å². The first kappa shape index (κ1) is 16.6. The van der Waals surface area contributed by atoms with Gasteiger partial charge in [-0.15, -0.1) is 0 Å². The third kappa shape index (κ3) is 3.79. The van der Waals surface area contributed by atoms with Gasteiger partial charge in [0.25, 0.3) is 5.91 Å². The van der Waals surface area contributed by atoms with Crippen LogP contribution in [0.3, 0.4) is 0 Å². The van der Waals surface area contributed by atoms with Crippen LogP contribution in [0.1, 0.15) is 13.8 Å². The van der Waals surface area contributed by atoms with Gasteiger partial charge in [-0.1, -0.05) is 17.7 Å². The molecule has 2 heterocycles. The Balaban J connectivity index is 1.54. The van der Waals surface area contributed by atoms with Gasteiger partial charge in [-0.2, -0.15) is 0 Å². The molecule has 0 saturated carbocycles. The van der Waals surface area contributed by atoms with Crippen molar-refractivity contribution in [3.63, 3.8) is 0 Å². The highest BCUT2D eigenvalue weighted by Crippen LogP contribution is 2.25. The Bertz CT molecular complexity index is 698. The van der Waals surface area contributed by atoms with Crippen LogP contribution < -0.4 is 9.47 Å². The van der Waals surface area contributed by atoms with Gasteiger partial charge in [0, 0.05) is 17.3 Å². The molecule has 126 valence electrons. The first-order valence-corrected chi connectivity index (χ1v) is 8.13. The third-order valence-corrected chi connectivity index (χ3v) is 4.01. The summed E-state index contributed by atoms with van der Waals surface area (Å²) >= 11 is 5.86. The quantitative estimate of drug-likeness (QED) is 0.834. The van der Waals surface area contributed by atoms with Crippen molar-refractivity contribution in [2.45, 2.75) is 25.6 Å². The summed E-state index contributed by atoms with van der Waals surface area (Å²) in [6.07, 6.45) is 1.65. The maximum absolute atomic E-state index is 12.6. The molecule has 1 aliphatic heterocycles. The van der Waals surface area contributed by atoms with Crippen LogP contribution in [0.15, 0.2) is 48.7 Å². The Labute approximate surface area is 146 Å². The number of ether oxygens (including phenoxy) is 2. The molecule has 1 aromatic carbocycles. The van der Waals surface area contributed by atoms with E-state index in [2.05, 4.69) is 4.98 Å². The Morgan fingerprint density at radius 3 is 2.54 bits per heavy atom. The van der Waals surface area contributed by atoms with E-state index >= 15 is 0 Å². The van der Waals surface area contributed by atoms with E-state index in [0.717, 1.165) is 0 Å². The second-order valence-corrected chi connectivity index (χ2v) is 6.62. The molecule has 1 fully saturated rings. The van der Waals surface area contributed by atoms with E-state index in [4.69, 9.17) is 21.1 Å². The van der Waals surface area contributed by atoms with Crippen LogP contribution >= 0.6 is 11.6 Å². The van der Waals surface area contributed by atoms with E-state index in [1.807, 2.05) is 12.1 Å². The number of carbonyl (C=O) groups is 1. The van der Waals surface area contributed by atoms with Crippen LogP contribution in [0.4, 0.5) is 0 Å². The van der Waals surface area contributed by atoms with Gasteiger partial charge in [0.1, 0.15) is 11.9 Å². The number of halogens is 1. The lowest BCUT2D eigenvalue weighted by Crippen LogP contribution is -2.61. The molecular weight excluding hydrogens is 328 g/mol. The van der Waals surface area contributed by atoms with Crippen molar-refractivity contribution in [2.24, 2.45) is 0 Å². The second-order valence-electron chi connectivity index (χ2n) is 6.18. The van der Waals surface area contributed by atoms with Crippen LogP contribution in [0.5, 0.6) is 11.6 Å². The van der Waals surface area contributed by atoms with E-state index in [0.29, 0.717) is 29.7 Å². The Hall–Kier alpha value is -2.27. The average Bonchev–Trinajstić information content (AvgIpc) is 2.53. The number of hydrogen-bond donors (Lipinski definition) is 0. The smallest absolute Gasteiger partial charge is 0.266 e. The lowest BCUT2D eigenvalue weighted by Gasteiger charge is -2.42. The van der Waals surface area contributed by atoms with E-state index < -0.39 is 5.60 Å². The molecule has 0 radical (unpaired) electrons. The summed E-state index contributed by atoms with van der Waals surface area (Å²) in [6.45, 7) is 4.58. The summed E-state index contributed by atoms with van der Waals surface area (Å²) in [5.41, 5.74) is -0.955. The van der Waals surface area contributed by atoms with Gasteiger partial charge >= 0.3 is 0 Å². The molecule has 24 heavy (non-hydrogen) atoms. The fourth-order valence-corrected chi connectivity index (χ4v) is 2.61. The summed E-state index contributed by atoms with van der Waals surface area (Å²) in [4.78, 5) is 18.5. The van der Waals surface area contributed by atoms with Crippen molar-refractivity contribution in [2.75, 3.05) is 13.1 Å². The average molecular weight is 347 g/mol. The van der Waals surface area contributed by atoms with Gasteiger partial charge in [0.05, 0.1) is 13.1 Å². The fraction of sp³-hybridized carbons (Fsp3) is 0.333. The lowest BCUT2D eigenvalue weighted by molar-refractivity contribution is -0.154. The van der Waals surface area contributed by atoms with E-state index in [-0.39, 0.29) is 12.0 Å². The van der Waals surface area contributed by atoms with Gasteiger partial charge in [-0.25, -0.2) is 4.98 Å². The normalized spacial score (nSPS) is 14.9. The summed E-state index contributed by atoms with van der Waals surface area (Å²) in [7, 11) is 0. The van der Waals surface area contributed by atoms with E-state index in [1.54, 1.807) is 55.3 Å². The maximum Gasteiger partial charge on any atom is 0.266 e. The molecule has 1 amide bonds. The largest absolute Gasteiger partial charge is 0.478 e. The molecular formula is C18H19ClN2O3. The van der Waals surface area contributed by atoms with Crippen LogP contribution in [0.25, 0.3) is 0 Å². The molecule has 2 aromatic rings. The minimum Gasteiger partial charge on any atom is -0.478 e. The van der Waals surface area contributed by atoms with Crippen LogP contribution in [0.2, 0.25) is 5.02 Å². The number of pyridine rings is 1. The predicted molar refractivity (Wildman–Crippen MR) is 91.4 cm³/mol.